The van der Waals surface area contributed by atoms with Gasteiger partial charge in [0.1, 0.15) is 0 Å². The molecule has 0 saturated heterocycles. The summed E-state index contributed by atoms with van der Waals surface area (Å²) in [7, 11) is -0.592. The van der Waals surface area contributed by atoms with Crippen LogP contribution in [0.5, 0.6) is 0 Å². The van der Waals surface area contributed by atoms with Crippen LogP contribution < -0.4 is 10.4 Å². The second-order valence-corrected chi connectivity index (χ2v) is 7.92. The van der Waals surface area contributed by atoms with Crippen LogP contribution in [0.1, 0.15) is 24.5 Å². The standard InChI is InChI=1S/C16H17N5O3S/c1-20-13-6-5-11(9-14(13)21(2)16(20)22)25(23,24)19-15-17-8-7-12(18-15)10-3-4-10/h5-10H,3-4H2,1-2H3,(H,17,18,19). The molecular weight excluding hydrogens is 342 g/mol. The molecule has 1 fully saturated rings. The number of aromatic nitrogens is 4. The van der Waals surface area contributed by atoms with Gasteiger partial charge in [-0.2, -0.15) is 0 Å². The van der Waals surface area contributed by atoms with E-state index in [9.17, 15) is 13.2 Å². The first-order chi connectivity index (χ1) is 11.9. The molecule has 0 aliphatic heterocycles. The summed E-state index contributed by atoms with van der Waals surface area (Å²) in [6.07, 6.45) is 3.70. The summed E-state index contributed by atoms with van der Waals surface area (Å²) in [5.41, 5.74) is 1.85. The van der Waals surface area contributed by atoms with Gasteiger partial charge < -0.3 is 0 Å². The highest BCUT2D eigenvalue weighted by Gasteiger charge is 2.26. The van der Waals surface area contributed by atoms with Crippen molar-refractivity contribution >= 4 is 27.0 Å². The van der Waals surface area contributed by atoms with E-state index in [4.69, 9.17) is 0 Å². The van der Waals surface area contributed by atoms with Gasteiger partial charge in [-0.1, -0.05) is 0 Å². The lowest BCUT2D eigenvalue weighted by Gasteiger charge is -2.08. The molecule has 1 saturated carbocycles. The second kappa shape index (κ2) is 5.41. The smallest absolute Gasteiger partial charge is 0.295 e. The Morgan fingerprint density at radius 1 is 1.12 bits per heavy atom. The van der Waals surface area contributed by atoms with Gasteiger partial charge in [-0.3, -0.25) is 9.13 Å². The number of sulfonamides is 1. The monoisotopic (exact) mass is 359 g/mol. The molecule has 2 heterocycles. The quantitative estimate of drug-likeness (QED) is 0.758. The van der Waals surface area contributed by atoms with E-state index < -0.39 is 10.0 Å². The van der Waals surface area contributed by atoms with E-state index in [0.717, 1.165) is 18.5 Å². The maximum atomic E-state index is 12.7. The van der Waals surface area contributed by atoms with Gasteiger partial charge in [0.2, 0.25) is 5.95 Å². The number of benzene rings is 1. The van der Waals surface area contributed by atoms with Crippen LogP contribution in [0.15, 0.2) is 40.2 Å². The third kappa shape index (κ3) is 2.70. The van der Waals surface area contributed by atoms with Crippen molar-refractivity contribution in [1.82, 2.24) is 19.1 Å². The summed E-state index contributed by atoms with van der Waals surface area (Å²) in [5, 5.41) is 0. The van der Waals surface area contributed by atoms with Crippen LogP contribution in [0.4, 0.5) is 5.95 Å². The molecule has 0 spiro atoms. The van der Waals surface area contributed by atoms with Gasteiger partial charge in [0.15, 0.2) is 0 Å². The van der Waals surface area contributed by atoms with Gasteiger partial charge in [0, 0.05) is 31.9 Å². The molecule has 1 aromatic carbocycles. The molecule has 0 bridgehead atoms. The molecule has 1 N–H and O–H groups in total. The normalized spacial score (nSPS) is 14.8. The van der Waals surface area contributed by atoms with Gasteiger partial charge in [-0.05, 0) is 37.1 Å². The van der Waals surface area contributed by atoms with Crippen molar-refractivity contribution in [2.45, 2.75) is 23.7 Å². The fourth-order valence-corrected chi connectivity index (χ4v) is 3.83. The lowest BCUT2D eigenvalue weighted by molar-refractivity contribution is 0.601. The van der Waals surface area contributed by atoms with Crippen LogP contribution in [0.2, 0.25) is 0 Å². The van der Waals surface area contributed by atoms with E-state index in [1.165, 1.54) is 21.3 Å². The van der Waals surface area contributed by atoms with E-state index in [-0.39, 0.29) is 16.5 Å². The van der Waals surface area contributed by atoms with Crippen molar-refractivity contribution in [3.63, 3.8) is 0 Å². The summed E-state index contributed by atoms with van der Waals surface area (Å²) < 4.78 is 30.6. The van der Waals surface area contributed by atoms with Gasteiger partial charge in [-0.25, -0.2) is 27.9 Å². The van der Waals surface area contributed by atoms with Gasteiger partial charge in [0.05, 0.1) is 15.9 Å². The highest BCUT2D eigenvalue weighted by molar-refractivity contribution is 7.92. The molecule has 3 aromatic rings. The molecule has 25 heavy (non-hydrogen) atoms. The first-order valence-electron chi connectivity index (χ1n) is 7.88. The summed E-state index contributed by atoms with van der Waals surface area (Å²) >= 11 is 0. The highest BCUT2D eigenvalue weighted by Crippen LogP contribution is 2.39. The molecule has 4 rings (SSSR count). The largest absolute Gasteiger partial charge is 0.328 e. The Balaban J connectivity index is 1.72. The molecular formula is C16H17N5O3S. The Hall–Kier alpha value is -2.68. The van der Waals surface area contributed by atoms with E-state index in [2.05, 4.69) is 14.7 Å². The van der Waals surface area contributed by atoms with E-state index in [0.29, 0.717) is 17.0 Å². The predicted molar refractivity (Wildman–Crippen MR) is 93.0 cm³/mol. The van der Waals surface area contributed by atoms with Crippen molar-refractivity contribution in [1.29, 1.82) is 0 Å². The zero-order chi connectivity index (χ0) is 17.8. The Morgan fingerprint density at radius 3 is 2.56 bits per heavy atom. The minimum atomic E-state index is -3.85. The van der Waals surface area contributed by atoms with Crippen LogP contribution in [-0.2, 0) is 24.1 Å². The van der Waals surface area contributed by atoms with Gasteiger partial charge >= 0.3 is 5.69 Å². The van der Waals surface area contributed by atoms with Crippen LogP contribution in [0.25, 0.3) is 11.0 Å². The van der Waals surface area contributed by atoms with Crippen molar-refractivity contribution in [3.05, 3.63) is 46.6 Å². The highest BCUT2D eigenvalue weighted by atomic mass is 32.2. The number of anilines is 1. The minimum Gasteiger partial charge on any atom is -0.295 e. The van der Waals surface area contributed by atoms with Crippen molar-refractivity contribution < 1.29 is 8.42 Å². The van der Waals surface area contributed by atoms with Crippen molar-refractivity contribution in [2.75, 3.05) is 4.72 Å². The molecule has 0 atom stereocenters. The van der Waals surface area contributed by atoms with E-state index in [1.54, 1.807) is 32.4 Å². The average molecular weight is 359 g/mol. The number of fused-ring (bicyclic) bond motifs is 1. The first kappa shape index (κ1) is 15.8. The zero-order valence-corrected chi connectivity index (χ0v) is 14.6. The van der Waals surface area contributed by atoms with E-state index >= 15 is 0 Å². The van der Waals surface area contributed by atoms with Gasteiger partial charge in [0.25, 0.3) is 10.0 Å². The molecule has 0 amide bonds. The molecule has 1 aliphatic carbocycles. The van der Waals surface area contributed by atoms with Crippen molar-refractivity contribution in [3.8, 4) is 0 Å². The number of aryl methyl sites for hydroxylation is 2. The molecule has 130 valence electrons. The number of imidazole rings is 1. The molecule has 2 aromatic heterocycles. The lowest BCUT2D eigenvalue weighted by Crippen LogP contribution is -2.19. The van der Waals surface area contributed by atoms with Crippen LogP contribution in [0, 0.1) is 0 Å². The first-order valence-corrected chi connectivity index (χ1v) is 9.36. The summed E-state index contributed by atoms with van der Waals surface area (Å²) in [4.78, 5) is 20.3. The zero-order valence-electron chi connectivity index (χ0n) is 13.8. The Labute approximate surface area is 144 Å². The predicted octanol–water partition coefficient (Wildman–Crippen LogP) is 1.35. The molecule has 9 heteroatoms. The fraction of sp³-hybridized carbons (Fsp3) is 0.312. The summed E-state index contributed by atoms with van der Waals surface area (Å²) in [6.45, 7) is 0. The Morgan fingerprint density at radius 2 is 1.84 bits per heavy atom. The molecule has 1 aliphatic rings. The third-order valence-corrected chi connectivity index (χ3v) is 5.78. The average Bonchev–Trinajstić information content (AvgIpc) is 3.41. The molecule has 0 radical (unpaired) electrons. The van der Waals surface area contributed by atoms with Gasteiger partial charge in [-0.15, -0.1) is 0 Å². The Kier molecular flexibility index (Phi) is 3.43. The third-order valence-electron chi connectivity index (χ3n) is 4.45. The Bertz CT molecular complexity index is 1140. The summed E-state index contributed by atoms with van der Waals surface area (Å²) in [6, 6.07) is 6.37. The maximum absolute atomic E-state index is 12.7. The topological polar surface area (TPSA) is 98.9 Å². The van der Waals surface area contributed by atoms with E-state index in [1.807, 2.05) is 0 Å². The molecule has 0 unspecified atom stereocenters. The number of nitrogens with one attached hydrogen (secondary N) is 1. The summed E-state index contributed by atoms with van der Waals surface area (Å²) in [5.74, 6) is 0.466. The second-order valence-electron chi connectivity index (χ2n) is 6.24. The van der Waals surface area contributed by atoms with Crippen LogP contribution in [0.3, 0.4) is 0 Å². The number of nitrogens with zero attached hydrogens (tertiary/aromatic N) is 4. The number of rotatable bonds is 4. The SMILES string of the molecule is Cn1c(=O)n(C)c2cc(S(=O)(=O)Nc3nccc(C4CC4)n3)ccc21. The number of hydrogen-bond acceptors (Lipinski definition) is 5. The van der Waals surface area contributed by atoms with Crippen molar-refractivity contribution in [2.24, 2.45) is 14.1 Å². The fourth-order valence-electron chi connectivity index (χ4n) is 2.86. The van der Waals surface area contributed by atoms with Crippen LogP contribution >= 0.6 is 0 Å². The maximum Gasteiger partial charge on any atom is 0.328 e. The number of hydrogen-bond donors (Lipinski definition) is 1. The van der Waals surface area contributed by atoms with Crippen LogP contribution in [-0.4, -0.2) is 27.5 Å². The lowest BCUT2D eigenvalue weighted by atomic mass is 10.3. The molecule has 8 nitrogen and oxygen atoms in total. The minimum absolute atomic E-state index is 0.0571.